The highest BCUT2D eigenvalue weighted by Gasteiger charge is 2.43. The fourth-order valence-electron chi connectivity index (χ4n) is 8.90. The van der Waals surface area contributed by atoms with Crippen molar-refractivity contribution in [1.82, 2.24) is 0 Å². The minimum absolute atomic E-state index is 0.0286. The average Bonchev–Trinajstić information content (AvgIpc) is 3.05. The van der Waals surface area contributed by atoms with Crippen molar-refractivity contribution in [2.75, 3.05) is 36.0 Å². The second-order valence-corrected chi connectivity index (χ2v) is 17.6. The summed E-state index contributed by atoms with van der Waals surface area (Å²) in [5, 5.41) is 44.0. The first kappa shape index (κ1) is 33.8. The Morgan fingerprint density at radius 3 is 1.18 bits per heavy atom. The van der Waals surface area contributed by atoms with E-state index >= 15 is 0 Å². The molecule has 3 aromatic rings. The van der Waals surface area contributed by atoms with Crippen molar-refractivity contribution in [3.63, 3.8) is 0 Å². The molecule has 4 aliphatic rings. The largest absolute Gasteiger partial charge is 0.507 e. The van der Waals surface area contributed by atoms with E-state index < -0.39 is 0 Å². The van der Waals surface area contributed by atoms with Crippen LogP contribution in [0.4, 0.5) is 11.4 Å². The number of phenols is 2. The maximum Gasteiger partial charge on any atom is 0.128 e. The number of phenolic OH excluding ortho intramolecular Hbond substituents is 2. The Morgan fingerprint density at radius 2 is 0.840 bits per heavy atom. The number of aromatic hydroxyl groups is 2. The van der Waals surface area contributed by atoms with Gasteiger partial charge in [0.2, 0.25) is 0 Å². The Bertz CT molecular complexity index is 1930. The van der Waals surface area contributed by atoms with Gasteiger partial charge in [-0.1, -0.05) is 79.7 Å². The molecule has 0 saturated carbocycles. The minimum Gasteiger partial charge on any atom is -0.507 e. The zero-order chi connectivity index (χ0) is 36.0. The second-order valence-electron chi connectivity index (χ2n) is 17.6. The molecule has 7 rings (SSSR count). The fraction of sp³-hybridized carbons (Fsp3) is 0.455. The predicted molar refractivity (Wildman–Crippen MR) is 205 cm³/mol. The van der Waals surface area contributed by atoms with Crippen LogP contribution in [0, 0.1) is 22.7 Å². The average molecular weight is 667 g/mol. The number of nitriles is 2. The Hall–Kier alpha value is -4.68. The van der Waals surface area contributed by atoms with Gasteiger partial charge in [0.15, 0.2) is 0 Å². The van der Waals surface area contributed by atoms with E-state index in [1.807, 2.05) is 24.3 Å². The third-order valence-corrected chi connectivity index (χ3v) is 12.4. The van der Waals surface area contributed by atoms with E-state index in [9.17, 15) is 20.7 Å². The number of anilines is 2. The van der Waals surface area contributed by atoms with Crippen molar-refractivity contribution in [2.24, 2.45) is 0 Å². The van der Waals surface area contributed by atoms with Gasteiger partial charge in [0.05, 0.1) is 23.3 Å². The molecular weight excluding hydrogens is 617 g/mol. The summed E-state index contributed by atoms with van der Waals surface area (Å²) in [5.41, 5.74) is 10.1. The summed E-state index contributed by atoms with van der Waals surface area (Å²) in [6.07, 6.45) is 11.5. The first-order chi connectivity index (χ1) is 23.5. The molecule has 6 heteroatoms. The van der Waals surface area contributed by atoms with Crippen LogP contribution in [0.5, 0.6) is 11.5 Å². The number of hydrogen-bond acceptors (Lipinski definition) is 6. The number of nitrogens with zero attached hydrogens (tertiary/aromatic N) is 4. The molecule has 0 unspecified atom stereocenters. The molecule has 0 atom stereocenters. The monoisotopic (exact) mass is 666 g/mol. The Kier molecular flexibility index (Phi) is 7.72. The molecule has 4 aliphatic heterocycles. The van der Waals surface area contributed by atoms with Gasteiger partial charge in [-0.3, -0.25) is 0 Å². The lowest BCUT2D eigenvalue weighted by atomic mass is 9.68. The molecule has 0 bridgehead atoms. The van der Waals surface area contributed by atoms with Gasteiger partial charge in [-0.25, -0.2) is 0 Å². The van der Waals surface area contributed by atoms with Crippen molar-refractivity contribution >= 4 is 35.7 Å². The van der Waals surface area contributed by atoms with Gasteiger partial charge in [-0.2, -0.15) is 10.5 Å². The van der Waals surface area contributed by atoms with Crippen molar-refractivity contribution in [2.45, 2.75) is 103 Å². The molecule has 0 radical (unpaired) electrons. The molecule has 4 heterocycles. The van der Waals surface area contributed by atoms with Gasteiger partial charge in [-0.15, -0.1) is 0 Å². The van der Waals surface area contributed by atoms with E-state index in [-0.39, 0.29) is 21.7 Å². The summed E-state index contributed by atoms with van der Waals surface area (Å²) >= 11 is 0. The summed E-state index contributed by atoms with van der Waals surface area (Å²) < 4.78 is 0. The zero-order valence-electron chi connectivity index (χ0n) is 31.0. The zero-order valence-corrected chi connectivity index (χ0v) is 31.0. The predicted octanol–water partition coefficient (Wildman–Crippen LogP) is 9.52. The summed E-state index contributed by atoms with van der Waals surface area (Å²) in [7, 11) is 0. The third-order valence-electron chi connectivity index (χ3n) is 12.4. The Labute approximate surface area is 298 Å². The number of hydrogen-bond donors (Lipinski definition) is 2. The van der Waals surface area contributed by atoms with Crippen LogP contribution in [0.3, 0.4) is 0 Å². The molecule has 6 nitrogen and oxygen atoms in total. The van der Waals surface area contributed by atoms with Gasteiger partial charge in [0, 0.05) is 59.8 Å². The van der Waals surface area contributed by atoms with Crippen LogP contribution >= 0.6 is 0 Å². The van der Waals surface area contributed by atoms with Crippen LogP contribution < -0.4 is 9.80 Å². The van der Waals surface area contributed by atoms with E-state index in [4.69, 9.17) is 0 Å². The smallest absolute Gasteiger partial charge is 0.128 e. The maximum absolute atomic E-state index is 11.7. The molecule has 3 aromatic carbocycles. The van der Waals surface area contributed by atoms with Gasteiger partial charge in [0.25, 0.3) is 0 Å². The standard InChI is InChI=1S/C44H50N4O2/c1-41(2)13-17-47-19-15-43(5,6)35-37(47)33(41)23-29(39(35)49)11-9-27-21-32(26-46)28(22-31(27)25-45)10-12-30-24-34-38-36(40(30)50)44(7,8)16-20-48(38)18-14-42(34,3)4/h9-12,21-24,49-50H,13-20H2,1-8H3. The Balaban J connectivity index is 1.29. The quantitative estimate of drug-likeness (QED) is 0.270. The highest BCUT2D eigenvalue weighted by atomic mass is 16.3. The van der Waals surface area contributed by atoms with Crippen molar-refractivity contribution in [3.8, 4) is 23.6 Å². The first-order valence-corrected chi connectivity index (χ1v) is 18.2. The van der Waals surface area contributed by atoms with E-state index in [1.54, 1.807) is 12.1 Å². The van der Waals surface area contributed by atoms with E-state index in [2.05, 4.69) is 89.5 Å². The molecule has 0 amide bonds. The van der Waals surface area contributed by atoms with Gasteiger partial charge < -0.3 is 20.0 Å². The normalized spacial score (nSPS) is 20.7. The molecule has 0 fully saturated rings. The summed E-state index contributed by atoms with van der Waals surface area (Å²) in [6, 6.07) is 12.4. The number of benzene rings is 3. The van der Waals surface area contributed by atoms with Crippen LogP contribution in [0.2, 0.25) is 0 Å². The molecule has 2 N–H and O–H groups in total. The van der Waals surface area contributed by atoms with Gasteiger partial charge in [-0.05, 0) is 93.9 Å². The Morgan fingerprint density at radius 1 is 0.520 bits per heavy atom. The lowest BCUT2D eigenvalue weighted by molar-refractivity contribution is 0.377. The van der Waals surface area contributed by atoms with E-state index in [0.29, 0.717) is 33.8 Å². The van der Waals surface area contributed by atoms with Crippen LogP contribution in [0.25, 0.3) is 24.3 Å². The van der Waals surface area contributed by atoms with Crippen LogP contribution in [0.15, 0.2) is 24.3 Å². The molecular formula is C44H50N4O2. The summed E-state index contributed by atoms with van der Waals surface area (Å²) in [5.74, 6) is 0.591. The second kappa shape index (κ2) is 11.4. The van der Waals surface area contributed by atoms with Crippen molar-refractivity contribution in [3.05, 3.63) is 79.9 Å². The maximum atomic E-state index is 11.7. The highest BCUT2D eigenvalue weighted by molar-refractivity contribution is 5.85. The SMILES string of the molecule is CC1(C)CCN2CCC(C)(C)c3c(O)c(C=Cc4cc(C#N)c(C=Cc5cc6c7c(c5O)C(C)(C)CCN7CCC6(C)C)cc4C#N)cc1c32. The first-order valence-electron chi connectivity index (χ1n) is 18.2. The van der Waals surface area contributed by atoms with Crippen LogP contribution in [-0.2, 0) is 21.7 Å². The minimum atomic E-state index is -0.170. The van der Waals surface area contributed by atoms with Crippen molar-refractivity contribution in [1.29, 1.82) is 10.5 Å². The third kappa shape index (κ3) is 5.27. The summed E-state index contributed by atoms with van der Waals surface area (Å²) in [4.78, 5) is 4.87. The molecule has 0 spiro atoms. The van der Waals surface area contributed by atoms with E-state index in [1.165, 1.54) is 22.5 Å². The van der Waals surface area contributed by atoms with E-state index in [0.717, 1.165) is 74.1 Å². The topological polar surface area (TPSA) is 94.5 Å². The molecule has 0 aromatic heterocycles. The van der Waals surface area contributed by atoms with Gasteiger partial charge in [0.1, 0.15) is 11.5 Å². The lowest BCUT2D eigenvalue weighted by Crippen LogP contribution is -2.44. The number of rotatable bonds is 4. The molecule has 0 saturated heterocycles. The van der Waals surface area contributed by atoms with Crippen LogP contribution in [-0.4, -0.2) is 36.4 Å². The van der Waals surface area contributed by atoms with Gasteiger partial charge >= 0.3 is 0 Å². The van der Waals surface area contributed by atoms with Crippen LogP contribution in [0.1, 0.15) is 137 Å². The summed E-state index contributed by atoms with van der Waals surface area (Å²) in [6.45, 7) is 21.9. The highest BCUT2D eigenvalue weighted by Crippen LogP contribution is 2.55. The molecule has 50 heavy (non-hydrogen) atoms. The van der Waals surface area contributed by atoms with Crippen molar-refractivity contribution < 1.29 is 10.2 Å². The fourth-order valence-corrected chi connectivity index (χ4v) is 8.90. The molecule has 0 aliphatic carbocycles. The lowest BCUT2D eigenvalue weighted by Gasteiger charge is -2.48. The molecule has 258 valence electrons.